The van der Waals surface area contributed by atoms with Crippen LogP contribution in [0.3, 0.4) is 0 Å². The molecule has 0 unspecified atom stereocenters. The van der Waals surface area contributed by atoms with Crippen molar-refractivity contribution in [3.8, 4) is 0 Å². The second-order valence-electron chi connectivity index (χ2n) is 6.83. The molecule has 1 aliphatic heterocycles. The number of carbonyl (C=O) groups is 3. The number of hydrogen-bond donors (Lipinski definition) is 3. The van der Waals surface area contributed by atoms with Crippen LogP contribution < -0.4 is 10.6 Å². The maximum absolute atomic E-state index is 12.8. The first-order valence-corrected chi connectivity index (χ1v) is 8.30. The smallest absolute Gasteiger partial charge is 0.325 e. The van der Waals surface area contributed by atoms with Crippen molar-refractivity contribution in [2.75, 3.05) is 13.2 Å². The lowest BCUT2D eigenvalue weighted by Gasteiger charge is -2.23. The molecule has 1 saturated heterocycles. The predicted molar refractivity (Wildman–Crippen MR) is 92.6 cm³/mol. The van der Waals surface area contributed by atoms with Crippen molar-refractivity contribution in [3.05, 3.63) is 35.4 Å². The highest BCUT2D eigenvalue weighted by Gasteiger charge is 2.49. The molecule has 0 aromatic heterocycles. The number of imide groups is 1. The van der Waals surface area contributed by atoms with Gasteiger partial charge in [-0.3, -0.25) is 14.5 Å². The highest BCUT2D eigenvalue weighted by Crippen LogP contribution is 2.28. The van der Waals surface area contributed by atoms with E-state index in [4.69, 9.17) is 5.11 Å². The number of urea groups is 1. The van der Waals surface area contributed by atoms with Gasteiger partial charge in [0.2, 0.25) is 5.91 Å². The van der Waals surface area contributed by atoms with Gasteiger partial charge in [-0.25, -0.2) is 4.79 Å². The van der Waals surface area contributed by atoms with Gasteiger partial charge in [-0.05, 0) is 32.3 Å². The average molecular weight is 347 g/mol. The first kappa shape index (κ1) is 18.9. The Balaban J connectivity index is 2.10. The van der Waals surface area contributed by atoms with Crippen molar-refractivity contribution in [1.29, 1.82) is 0 Å². The fourth-order valence-electron chi connectivity index (χ4n) is 2.67. The van der Waals surface area contributed by atoms with E-state index in [1.165, 1.54) is 0 Å². The van der Waals surface area contributed by atoms with Gasteiger partial charge in [0.15, 0.2) is 0 Å². The predicted octanol–water partition coefficient (Wildman–Crippen LogP) is 0.895. The van der Waals surface area contributed by atoms with Crippen LogP contribution in [0.1, 0.15) is 31.9 Å². The lowest BCUT2D eigenvalue weighted by Crippen LogP contribution is -2.46. The first-order chi connectivity index (χ1) is 11.7. The van der Waals surface area contributed by atoms with Gasteiger partial charge < -0.3 is 15.7 Å². The monoisotopic (exact) mass is 347 g/mol. The zero-order valence-corrected chi connectivity index (χ0v) is 15.0. The lowest BCUT2D eigenvalue weighted by molar-refractivity contribution is -0.135. The Morgan fingerprint density at radius 2 is 1.88 bits per heavy atom. The van der Waals surface area contributed by atoms with Crippen LogP contribution in [-0.4, -0.2) is 47.0 Å². The van der Waals surface area contributed by atoms with E-state index in [-0.39, 0.29) is 25.1 Å². The Kier molecular flexibility index (Phi) is 5.47. The van der Waals surface area contributed by atoms with Crippen LogP contribution in [0.5, 0.6) is 0 Å². The normalized spacial score (nSPS) is 22.5. The quantitative estimate of drug-likeness (QED) is 0.666. The van der Waals surface area contributed by atoms with Crippen LogP contribution in [0.2, 0.25) is 0 Å². The molecule has 1 aromatic carbocycles. The van der Waals surface area contributed by atoms with Crippen LogP contribution in [0.25, 0.3) is 0 Å². The number of rotatable bonds is 6. The first-order valence-electron chi connectivity index (χ1n) is 8.30. The summed E-state index contributed by atoms with van der Waals surface area (Å²) in [4.78, 5) is 38.1. The zero-order chi connectivity index (χ0) is 18.8. The van der Waals surface area contributed by atoms with Gasteiger partial charge in [-0.1, -0.05) is 36.8 Å². The van der Waals surface area contributed by atoms with E-state index < -0.39 is 23.4 Å². The Labute approximate surface area is 147 Å². The molecule has 25 heavy (non-hydrogen) atoms. The Morgan fingerprint density at radius 1 is 1.28 bits per heavy atom. The molecular formula is C18H25N3O4. The van der Waals surface area contributed by atoms with Gasteiger partial charge in [0.25, 0.3) is 5.91 Å². The molecule has 7 heteroatoms. The molecule has 1 heterocycles. The zero-order valence-electron chi connectivity index (χ0n) is 15.0. The third-order valence-electron chi connectivity index (χ3n) is 4.74. The number of benzene rings is 1. The fourth-order valence-corrected chi connectivity index (χ4v) is 2.67. The summed E-state index contributed by atoms with van der Waals surface area (Å²) in [7, 11) is 0. The van der Waals surface area contributed by atoms with Crippen LogP contribution in [0.15, 0.2) is 24.3 Å². The molecule has 0 aliphatic carbocycles. The molecule has 3 atom stereocenters. The average Bonchev–Trinajstić information content (AvgIpc) is 2.78. The van der Waals surface area contributed by atoms with E-state index in [1.54, 1.807) is 32.9 Å². The number of aliphatic hydroxyl groups excluding tert-OH is 1. The number of amides is 4. The summed E-state index contributed by atoms with van der Waals surface area (Å²) in [6.45, 7) is 6.72. The maximum Gasteiger partial charge on any atom is 0.325 e. The second-order valence-corrected chi connectivity index (χ2v) is 6.83. The Hall–Kier alpha value is -2.41. The largest absolute Gasteiger partial charge is 0.396 e. The van der Waals surface area contributed by atoms with Crippen molar-refractivity contribution >= 4 is 17.8 Å². The summed E-state index contributed by atoms with van der Waals surface area (Å²) in [5.41, 5.74) is 0.531. The van der Waals surface area contributed by atoms with Gasteiger partial charge in [-0.15, -0.1) is 0 Å². The highest BCUT2D eigenvalue weighted by atomic mass is 16.3. The SMILES string of the molecule is Cc1ccc([C@]2(C)NC(=O)N(CC(=O)N[C@@H](C)[C@@H](C)CO)C2=O)cc1. The summed E-state index contributed by atoms with van der Waals surface area (Å²) < 4.78 is 0. The summed E-state index contributed by atoms with van der Waals surface area (Å²) in [5, 5.41) is 14.5. The Morgan fingerprint density at radius 3 is 2.44 bits per heavy atom. The van der Waals surface area contributed by atoms with Gasteiger partial charge in [0, 0.05) is 12.6 Å². The summed E-state index contributed by atoms with van der Waals surface area (Å²) in [5.74, 6) is -1.02. The minimum absolute atomic E-state index is 0.0595. The van der Waals surface area contributed by atoms with Crippen molar-refractivity contribution in [2.45, 2.75) is 39.3 Å². The summed E-state index contributed by atoms with van der Waals surface area (Å²) >= 11 is 0. The van der Waals surface area contributed by atoms with E-state index >= 15 is 0 Å². The van der Waals surface area contributed by atoms with Crippen molar-refractivity contribution in [1.82, 2.24) is 15.5 Å². The third kappa shape index (κ3) is 3.82. The molecular weight excluding hydrogens is 322 g/mol. The number of hydrogen-bond acceptors (Lipinski definition) is 4. The number of nitrogens with one attached hydrogen (secondary N) is 2. The molecule has 0 saturated carbocycles. The number of nitrogens with zero attached hydrogens (tertiary/aromatic N) is 1. The number of carbonyl (C=O) groups excluding carboxylic acids is 3. The molecule has 4 amide bonds. The molecule has 0 spiro atoms. The summed E-state index contributed by atoms with van der Waals surface area (Å²) in [6.07, 6.45) is 0. The molecule has 136 valence electrons. The molecule has 1 fully saturated rings. The third-order valence-corrected chi connectivity index (χ3v) is 4.74. The maximum atomic E-state index is 12.8. The minimum Gasteiger partial charge on any atom is -0.396 e. The summed E-state index contributed by atoms with van der Waals surface area (Å²) in [6, 6.07) is 6.47. The Bertz CT molecular complexity index is 673. The second kappa shape index (κ2) is 7.23. The van der Waals surface area contributed by atoms with Crippen LogP contribution >= 0.6 is 0 Å². The van der Waals surface area contributed by atoms with Gasteiger partial charge >= 0.3 is 6.03 Å². The fraction of sp³-hybridized carbons (Fsp3) is 0.500. The van der Waals surface area contributed by atoms with Gasteiger partial charge in [0.05, 0.1) is 0 Å². The van der Waals surface area contributed by atoms with Crippen molar-refractivity contribution in [2.24, 2.45) is 5.92 Å². The number of aryl methyl sites for hydroxylation is 1. The van der Waals surface area contributed by atoms with Gasteiger partial charge in [0.1, 0.15) is 12.1 Å². The van der Waals surface area contributed by atoms with E-state index in [0.29, 0.717) is 5.56 Å². The molecule has 2 rings (SSSR count). The highest BCUT2D eigenvalue weighted by molar-refractivity contribution is 6.09. The molecule has 3 N–H and O–H groups in total. The molecule has 1 aromatic rings. The van der Waals surface area contributed by atoms with Crippen LogP contribution in [0, 0.1) is 12.8 Å². The van der Waals surface area contributed by atoms with E-state index in [1.807, 2.05) is 19.1 Å². The van der Waals surface area contributed by atoms with E-state index in [2.05, 4.69) is 10.6 Å². The molecule has 7 nitrogen and oxygen atoms in total. The molecule has 1 aliphatic rings. The lowest BCUT2D eigenvalue weighted by atomic mass is 9.91. The minimum atomic E-state index is -1.19. The van der Waals surface area contributed by atoms with Gasteiger partial charge in [-0.2, -0.15) is 0 Å². The van der Waals surface area contributed by atoms with Crippen LogP contribution in [0.4, 0.5) is 4.79 Å². The number of aliphatic hydroxyl groups is 1. The van der Waals surface area contributed by atoms with E-state index in [0.717, 1.165) is 10.5 Å². The standard InChI is InChI=1S/C18H25N3O4/c1-11-5-7-14(8-6-11)18(4)16(24)21(17(25)20-18)9-15(23)19-13(3)12(2)10-22/h5-8,12-13,22H,9-10H2,1-4H3,(H,19,23)(H,20,25)/t12-,13-,18-/m0/s1. The molecule has 0 bridgehead atoms. The molecule has 0 radical (unpaired) electrons. The topological polar surface area (TPSA) is 98.7 Å². The van der Waals surface area contributed by atoms with Crippen molar-refractivity contribution < 1.29 is 19.5 Å². The van der Waals surface area contributed by atoms with Crippen molar-refractivity contribution in [3.63, 3.8) is 0 Å². The van der Waals surface area contributed by atoms with Crippen LogP contribution in [-0.2, 0) is 15.1 Å². The van der Waals surface area contributed by atoms with E-state index in [9.17, 15) is 14.4 Å².